The van der Waals surface area contributed by atoms with Gasteiger partial charge in [-0.25, -0.2) is 4.98 Å². The average Bonchev–Trinajstić information content (AvgIpc) is 2.58. The zero-order chi connectivity index (χ0) is 18.9. The van der Waals surface area contributed by atoms with E-state index in [1.807, 2.05) is 18.7 Å². The van der Waals surface area contributed by atoms with Crippen molar-refractivity contribution in [1.82, 2.24) is 9.88 Å². The minimum atomic E-state index is -4.50. The van der Waals surface area contributed by atoms with Crippen LogP contribution in [0.2, 0.25) is 0 Å². The number of carbonyl (C=O) groups excluding carboxylic acids is 1. The molecule has 1 aliphatic rings. The smallest absolute Gasteiger partial charge is 0.433 e. The van der Waals surface area contributed by atoms with E-state index in [-0.39, 0.29) is 30.1 Å². The van der Waals surface area contributed by atoms with E-state index < -0.39 is 11.9 Å². The van der Waals surface area contributed by atoms with Crippen molar-refractivity contribution in [3.8, 4) is 5.75 Å². The SMILES string of the molecule is CC1CCCC(C)N1C(=O)COc1ccc2ccc(C(F)(F)F)nc2c1. The molecule has 1 aliphatic heterocycles. The number of pyridine rings is 1. The molecule has 0 spiro atoms. The van der Waals surface area contributed by atoms with Crippen LogP contribution in [0.5, 0.6) is 5.75 Å². The number of likely N-dealkylation sites (tertiary alicyclic amines) is 1. The molecule has 140 valence electrons. The molecule has 1 amide bonds. The minimum Gasteiger partial charge on any atom is -0.484 e. The van der Waals surface area contributed by atoms with E-state index in [4.69, 9.17) is 4.74 Å². The third-order valence-electron chi connectivity index (χ3n) is 4.80. The molecule has 1 aromatic heterocycles. The van der Waals surface area contributed by atoms with Crippen LogP contribution < -0.4 is 4.74 Å². The molecule has 1 fully saturated rings. The number of benzene rings is 1. The van der Waals surface area contributed by atoms with E-state index in [0.717, 1.165) is 25.3 Å². The van der Waals surface area contributed by atoms with E-state index in [1.54, 1.807) is 12.1 Å². The molecule has 2 unspecified atom stereocenters. The van der Waals surface area contributed by atoms with Crippen molar-refractivity contribution in [2.45, 2.75) is 51.4 Å². The third-order valence-corrected chi connectivity index (χ3v) is 4.80. The van der Waals surface area contributed by atoms with Crippen molar-refractivity contribution in [1.29, 1.82) is 0 Å². The highest BCUT2D eigenvalue weighted by Crippen LogP contribution is 2.30. The number of hydrogen-bond acceptors (Lipinski definition) is 3. The molecule has 1 aromatic carbocycles. The van der Waals surface area contributed by atoms with Crippen LogP contribution >= 0.6 is 0 Å². The third kappa shape index (κ3) is 3.92. The number of amides is 1. The first-order valence-electron chi connectivity index (χ1n) is 8.67. The number of carbonyl (C=O) groups is 1. The van der Waals surface area contributed by atoms with E-state index in [0.29, 0.717) is 11.1 Å². The Morgan fingerprint density at radius 2 is 1.85 bits per heavy atom. The predicted molar refractivity (Wildman–Crippen MR) is 91.9 cm³/mol. The monoisotopic (exact) mass is 366 g/mol. The van der Waals surface area contributed by atoms with Gasteiger partial charge in [-0.3, -0.25) is 4.79 Å². The van der Waals surface area contributed by atoms with Gasteiger partial charge in [0.2, 0.25) is 0 Å². The summed E-state index contributed by atoms with van der Waals surface area (Å²) >= 11 is 0. The Morgan fingerprint density at radius 3 is 2.50 bits per heavy atom. The first-order valence-corrected chi connectivity index (χ1v) is 8.67. The van der Waals surface area contributed by atoms with Crippen molar-refractivity contribution in [3.05, 3.63) is 36.0 Å². The molecule has 0 radical (unpaired) electrons. The Bertz CT molecular complexity index is 797. The molecule has 7 heteroatoms. The molecule has 26 heavy (non-hydrogen) atoms. The zero-order valence-electron chi connectivity index (χ0n) is 14.7. The summed E-state index contributed by atoms with van der Waals surface area (Å²) in [6.45, 7) is 3.90. The van der Waals surface area contributed by atoms with E-state index in [2.05, 4.69) is 4.98 Å². The number of nitrogens with zero attached hydrogens (tertiary/aromatic N) is 2. The van der Waals surface area contributed by atoms with Gasteiger partial charge in [0, 0.05) is 23.5 Å². The van der Waals surface area contributed by atoms with Gasteiger partial charge in [-0.1, -0.05) is 6.07 Å². The van der Waals surface area contributed by atoms with Gasteiger partial charge < -0.3 is 9.64 Å². The Balaban J connectivity index is 1.73. The maximum absolute atomic E-state index is 12.8. The summed E-state index contributed by atoms with van der Waals surface area (Å²) < 4.78 is 44.0. The molecule has 3 rings (SSSR count). The Morgan fingerprint density at radius 1 is 1.19 bits per heavy atom. The number of ether oxygens (including phenoxy) is 1. The summed E-state index contributed by atoms with van der Waals surface area (Å²) in [4.78, 5) is 18.0. The number of alkyl halides is 3. The van der Waals surface area contributed by atoms with Gasteiger partial charge in [0.05, 0.1) is 5.52 Å². The largest absolute Gasteiger partial charge is 0.484 e. The number of aromatic nitrogens is 1. The average molecular weight is 366 g/mol. The van der Waals surface area contributed by atoms with Crippen molar-refractivity contribution in [3.63, 3.8) is 0 Å². The van der Waals surface area contributed by atoms with Crippen molar-refractivity contribution < 1.29 is 22.7 Å². The molecule has 2 atom stereocenters. The molecular weight excluding hydrogens is 345 g/mol. The molecule has 1 saturated heterocycles. The van der Waals surface area contributed by atoms with Crippen molar-refractivity contribution >= 4 is 16.8 Å². The lowest BCUT2D eigenvalue weighted by atomic mass is 9.97. The fourth-order valence-electron chi connectivity index (χ4n) is 3.48. The fraction of sp³-hybridized carbons (Fsp3) is 0.474. The quantitative estimate of drug-likeness (QED) is 0.807. The van der Waals surface area contributed by atoms with Crippen LogP contribution in [0, 0.1) is 0 Å². The lowest BCUT2D eigenvalue weighted by Gasteiger charge is -2.38. The molecule has 0 saturated carbocycles. The van der Waals surface area contributed by atoms with Crippen LogP contribution in [0.25, 0.3) is 10.9 Å². The van der Waals surface area contributed by atoms with Gasteiger partial charge >= 0.3 is 6.18 Å². The molecule has 2 aromatic rings. The highest BCUT2D eigenvalue weighted by atomic mass is 19.4. The molecule has 0 bridgehead atoms. The first kappa shape index (κ1) is 18.5. The first-order chi connectivity index (χ1) is 12.3. The highest BCUT2D eigenvalue weighted by Gasteiger charge is 2.32. The lowest BCUT2D eigenvalue weighted by molar-refractivity contribution is -0.141. The van der Waals surface area contributed by atoms with Crippen LogP contribution in [-0.2, 0) is 11.0 Å². The zero-order valence-corrected chi connectivity index (χ0v) is 14.7. The maximum Gasteiger partial charge on any atom is 0.433 e. The summed E-state index contributed by atoms with van der Waals surface area (Å²) in [6, 6.07) is 7.36. The highest BCUT2D eigenvalue weighted by molar-refractivity contribution is 5.81. The predicted octanol–water partition coefficient (Wildman–Crippen LogP) is 4.42. The standard InChI is InChI=1S/C19H21F3N2O2/c1-12-4-3-5-13(2)24(12)18(25)11-26-15-8-6-14-7-9-17(19(20,21)22)23-16(14)10-15/h6-10,12-13H,3-5,11H2,1-2H3. The molecule has 4 nitrogen and oxygen atoms in total. The summed E-state index contributed by atoms with van der Waals surface area (Å²) in [5.41, 5.74) is -0.765. The van der Waals surface area contributed by atoms with Crippen LogP contribution in [0.4, 0.5) is 13.2 Å². The van der Waals surface area contributed by atoms with Crippen LogP contribution in [0.1, 0.15) is 38.8 Å². The molecular formula is C19H21F3N2O2. The van der Waals surface area contributed by atoms with Crippen molar-refractivity contribution in [2.24, 2.45) is 0 Å². The second-order valence-electron chi connectivity index (χ2n) is 6.77. The van der Waals surface area contributed by atoms with Gasteiger partial charge in [0.15, 0.2) is 6.61 Å². The Labute approximate surface area is 150 Å². The van der Waals surface area contributed by atoms with Gasteiger partial charge in [0.1, 0.15) is 11.4 Å². The van der Waals surface area contributed by atoms with Crippen LogP contribution in [-0.4, -0.2) is 34.5 Å². The van der Waals surface area contributed by atoms with E-state index in [9.17, 15) is 18.0 Å². The van der Waals surface area contributed by atoms with Gasteiger partial charge in [0.25, 0.3) is 5.91 Å². The Hall–Kier alpha value is -2.31. The summed E-state index contributed by atoms with van der Waals surface area (Å²) in [6.07, 6.45) is -1.46. The van der Waals surface area contributed by atoms with Gasteiger partial charge in [-0.15, -0.1) is 0 Å². The molecule has 0 aliphatic carbocycles. The fourth-order valence-corrected chi connectivity index (χ4v) is 3.48. The van der Waals surface area contributed by atoms with Gasteiger partial charge in [-0.05, 0) is 51.3 Å². The van der Waals surface area contributed by atoms with E-state index in [1.165, 1.54) is 12.1 Å². The summed E-state index contributed by atoms with van der Waals surface area (Å²) in [5, 5.41) is 0.579. The minimum absolute atomic E-state index is 0.109. The molecule has 2 heterocycles. The van der Waals surface area contributed by atoms with E-state index >= 15 is 0 Å². The van der Waals surface area contributed by atoms with Crippen LogP contribution in [0.3, 0.4) is 0 Å². The number of halogens is 3. The summed E-state index contributed by atoms with van der Waals surface area (Å²) in [7, 11) is 0. The number of hydrogen-bond donors (Lipinski definition) is 0. The second-order valence-corrected chi connectivity index (χ2v) is 6.77. The van der Waals surface area contributed by atoms with Crippen molar-refractivity contribution in [2.75, 3.05) is 6.61 Å². The molecule has 0 N–H and O–H groups in total. The van der Waals surface area contributed by atoms with Crippen LogP contribution in [0.15, 0.2) is 30.3 Å². The Kier molecular flexibility index (Phi) is 5.07. The maximum atomic E-state index is 12.8. The van der Waals surface area contributed by atoms with Gasteiger partial charge in [-0.2, -0.15) is 13.2 Å². The second kappa shape index (κ2) is 7.13. The number of piperidine rings is 1. The topological polar surface area (TPSA) is 42.4 Å². The number of rotatable bonds is 3. The number of fused-ring (bicyclic) bond motifs is 1. The summed E-state index contributed by atoms with van der Waals surface area (Å²) in [5.74, 6) is 0.219. The lowest BCUT2D eigenvalue weighted by Crippen LogP contribution is -2.49. The normalized spacial score (nSPS) is 21.0.